The molecule has 1 N–H and O–H groups in total. The minimum absolute atomic E-state index is 0.0188. The Hall–Kier alpha value is -3.79. The van der Waals surface area contributed by atoms with Crippen LogP contribution < -0.4 is 9.62 Å². The lowest BCUT2D eigenvalue weighted by Gasteiger charge is -2.35. The molecule has 7 nitrogen and oxygen atoms in total. The Morgan fingerprint density at radius 2 is 1.55 bits per heavy atom. The van der Waals surface area contributed by atoms with E-state index in [0.717, 1.165) is 41.1 Å². The van der Waals surface area contributed by atoms with E-state index in [-0.39, 0.29) is 18.7 Å². The zero-order valence-corrected chi connectivity index (χ0v) is 24.1. The van der Waals surface area contributed by atoms with Crippen LogP contribution in [0.1, 0.15) is 37.5 Å². The lowest BCUT2D eigenvalue weighted by Crippen LogP contribution is -2.56. The van der Waals surface area contributed by atoms with Gasteiger partial charge in [0.05, 0.1) is 11.9 Å². The van der Waals surface area contributed by atoms with Crippen molar-refractivity contribution in [1.29, 1.82) is 0 Å². The summed E-state index contributed by atoms with van der Waals surface area (Å²) in [6, 6.07) is 18.2. The first-order chi connectivity index (χ1) is 18.6. The van der Waals surface area contributed by atoms with Gasteiger partial charge in [0.15, 0.2) is 11.6 Å². The monoisotopic (exact) mass is 571 g/mol. The zero-order chi connectivity index (χ0) is 29.7. The lowest BCUT2D eigenvalue weighted by molar-refractivity contribution is -0.140. The van der Waals surface area contributed by atoms with Crippen LogP contribution in [0.4, 0.5) is 14.5 Å². The second-order valence-corrected chi connectivity index (χ2v) is 12.7. The van der Waals surface area contributed by atoms with Crippen LogP contribution in [0.2, 0.25) is 0 Å². The molecule has 0 aliphatic carbocycles. The highest BCUT2D eigenvalue weighted by Crippen LogP contribution is 2.23. The number of anilines is 1. The number of hydrogen-bond donors (Lipinski definition) is 1. The normalized spacial score (nSPS) is 12.5. The van der Waals surface area contributed by atoms with Gasteiger partial charge in [-0.3, -0.25) is 13.9 Å². The molecule has 40 heavy (non-hydrogen) atoms. The predicted molar refractivity (Wildman–Crippen MR) is 152 cm³/mol. The first kappa shape index (κ1) is 30.7. The summed E-state index contributed by atoms with van der Waals surface area (Å²) in [4.78, 5) is 29.0. The fourth-order valence-electron chi connectivity index (χ4n) is 4.27. The van der Waals surface area contributed by atoms with Crippen LogP contribution in [0.5, 0.6) is 0 Å². The Kier molecular flexibility index (Phi) is 9.68. The van der Waals surface area contributed by atoms with Crippen LogP contribution in [-0.4, -0.2) is 49.5 Å². The molecule has 0 spiro atoms. The maximum absolute atomic E-state index is 14.0. The third-order valence-electron chi connectivity index (χ3n) is 6.08. The molecule has 0 saturated carbocycles. The summed E-state index contributed by atoms with van der Waals surface area (Å²) in [6.45, 7) is 6.68. The molecule has 0 fully saturated rings. The molecule has 3 aromatic rings. The molecule has 0 heterocycles. The van der Waals surface area contributed by atoms with E-state index in [9.17, 15) is 26.8 Å². The van der Waals surface area contributed by atoms with Gasteiger partial charge in [-0.15, -0.1) is 0 Å². The number of halogens is 2. The van der Waals surface area contributed by atoms with Gasteiger partial charge >= 0.3 is 0 Å². The van der Waals surface area contributed by atoms with Crippen LogP contribution in [0, 0.1) is 18.6 Å². The molecule has 3 rings (SSSR count). The van der Waals surface area contributed by atoms with Gasteiger partial charge in [-0.25, -0.2) is 17.2 Å². The van der Waals surface area contributed by atoms with Gasteiger partial charge in [0.25, 0.3) is 0 Å². The molecular weight excluding hydrogens is 536 g/mol. The average Bonchev–Trinajstić information content (AvgIpc) is 2.85. The summed E-state index contributed by atoms with van der Waals surface area (Å²) in [5.74, 6) is -3.48. The fraction of sp³-hybridized carbons (Fsp3) is 0.333. The quantitative estimate of drug-likeness (QED) is 0.386. The molecular formula is C30H35F2N3O4S. The van der Waals surface area contributed by atoms with E-state index in [0.29, 0.717) is 4.31 Å². The van der Waals surface area contributed by atoms with Gasteiger partial charge in [0, 0.05) is 24.6 Å². The maximum Gasteiger partial charge on any atom is 0.244 e. The summed E-state index contributed by atoms with van der Waals surface area (Å²) in [5, 5.41) is 2.95. The molecule has 0 unspecified atom stereocenters. The number of nitrogens with zero attached hydrogens (tertiary/aromatic N) is 2. The van der Waals surface area contributed by atoms with Crippen LogP contribution in [0.15, 0.2) is 72.8 Å². The highest BCUT2D eigenvalue weighted by Gasteiger charge is 2.34. The third-order valence-corrected chi connectivity index (χ3v) is 7.22. The summed E-state index contributed by atoms with van der Waals surface area (Å²) < 4.78 is 53.8. The first-order valence-electron chi connectivity index (χ1n) is 12.8. The number of rotatable bonds is 10. The summed E-state index contributed by atoms with van der Waals surface area (Å²) in [7, 11) is -4.09. The number of benzene rings is 3. The van der Waals surface area contributed by atoms with Crippen molar-refractivity contribution in [3.05, 3.63) is 101 Å². The number of aryl methyl sites for hydroxylation is 1. The van der Waals surface area contributed by atoms with Gasteiger partial charge in [-0.05, 0) is 51.0 Å². The largest absolute Gasteiger partial charge is 0.350 e. The minimum atomic E-state index is -4.09. The predicted octanol–water partition coefficient (Wildman–Crippen LogP) is 4.59. The van der Waals surface area contributed by atoms with Crippen molar-refractivity contribution >= 4 is 27.5 Å². The number of sulfonamides is 1. The molecule has 214 valence electrons. The summed E-state index contributed by atoms with van der Waals surface area (Å²) in [5.41, 5.74) is 1.69. The topological polar surface area (TPSA) is 86.8 Å². The van der Waals surface area contributed by atoms with E-state index in [1.807, 2.05) is 82.3 Å². The summed E-state index contributed by atoms with van der Waals surface area (Å²) >= 11 is 0. The van der Waals surface area contributed by atoms with E-state index in [2.05, 4.69) is 5.32 Å². The molecule has 0 aliphatic heterocycles. The Labute approximate surface area is 234 Å². The van der Waals surface area contributed by atoms with E-state index >= 15 is 0 Å². The number of carbonyl (C=O) groups is 2. The van der Waals surface area contributed by atoms with Crippen molar-refractivity contribution in [1.82, 2.24) is 10.2 Å². The minimum Gasteiger partial charge on any atom is -0.350 e. The zero-order valence-electron chi connectivity index (χ0n) is 23.3. The molecule has 2 amide bonds. The highest BCUT2D eigenvalue weighted by molar-refractivity contribution is 7.92. The molecule has 0 bridgehead atoms. The molecule has 3 aromatic carbocycles. The summed E-state index contributed by atoms with van der Waals surface area (Å²) in [6.07, 6.45) is 1.05. The van der Waals surface area contributed by atoms with Crippen molar-refractivity contribution in [2.45, 2.75) is 52.2 Å². The van der Waals surface area contributed by atoms with Gasteiger partial charge in [-0.1, -0.05) is 60.2 Å². The van der Waals surface area contributed by atoms with Gasteiger partial charge in [0.1, 0.15) is 12.6 Å². The smallest absolute Gasteiger partial charge is 0.244 e. The molecule has 10 heteroatoms. The van der Waals surface area contributed by atoms with Crippen molar-refractivity contribution in [2.75, 3.05) is 17.1 Å². The SMILES string of the molecule is Cc1cccc(CN(C(=O)CN(c2ccc(F)c(F)c2)S(C)(=O)=O)[C@@H](Cc2ccccc2)C(=O)NC(C)(C)C)c1. The van der Waals surface area contributed by atoms with Gasteiger partial charge in [-0.2, -0.15) is 0 Å². The molecule has 0 radical (unpaired) electrons. The number of carbonyl (C=O) groups excluding carboxylic acids is 2. The second kappa shape index (κ2) is 12.6. The number of nitrogens with one attached hydrogen (secondary N) is 1. The van der Waals surface area contributed by atoms with E-state index in [4.69, 9.17) is 0 Å². The molecule has 0 saturated heterocycles. The standard InChI is InChI=1S/C30H35F2N3O4S/c1-21-10-9-13-23(16-21)19-34(27(29(37)33-30(2,3)4)17-22-11-7-6-8-12-22)28(36)20-35(40(5,38)39)24-14-15-25(31)26(32)18-24/h6-16,18,27H,17,19-20H2,1-5H3,(H,33,37)/t27-/m0/s1. The Morgan fingerprint density at radius 3 is 2.12 bits per heavy atom. The second-order valence-electron chi connectivity index (χ2n) is 10.8. The van der Waals surface area contributed by atoms with E-state index < -0.39 is 51.6 Å². The Bertz CT molecular complexity index is 1460. The lowest BCUT2D eigenvalue weighted by atomic mass is 10.0. The van der Waals surface area contributed by atoms with Crippen molar-refractivity contribution in [3.63, 3.8) is 0 Å². The van der Waals surface area contributed by atoms with Crippen LogP contribution in [-0.2, 0) is 32.6 Å². The molecule has 1 atom stereocenters. The van der Waals surface area contributed by atoms with E-state index in [1.54, 1.807) is 0 Å². The first-order valence-corrected chi connectivity index (χ1v) is 14.6. The van der Waals surface area contributed by atoms with Crippen molar-refractivity contribution in [2.24, 2.45) is 0 Å². The van der Waals surface area contributed by atoms with Crippen molar-refractivity contribution < 1.29 is 26.8 Å². The molecule has 0 aromatic heterocycles. The third kappa shape index (κ3) is 8.61. The maximum atomic E-state index is 14.0. The van der Waals surface area contributed by atoms with Gasteiger partial charge < -0.3 is 10.2 Å². The molecule has 0 aliphatic rings. The highest BCUT2D eigenvalue weighted by atomic mass is 32.2. The fourth-order valence-corrected chi connectivity index (χ4v) is 5.11. The Morgan fingerprint density at radius 1 is 0.900 bits per heavy atom. The van der Waals surface area contributed by atoms with Crippen LogP contribution >= 0.6 is 0 Å². The van der Waals surface area contributed by atoms with Gasteiger partial charge in [0.2, 0.25) is 21.8 Å². The Balaban J connectivity index is 2.09. The number of amides is 2. The van der Waals surface area contributed by atoms with Crippen LogP contribution in [0.3, 0.4) is 0 Å². The van der Waals surface area contributed by atoms with E-state index in [1.165, 1.54) is 4.90 Å². The van der Waals surface area contributed by atoms with Crippen molar-refractivity contribution in [3.8, 4) is 0 Å². The van der Waals surface area contributed by atoms with Crippen LogP contribution in [0.25, 0.3) is 0 Å². The average molecular weight is 572 g/mol. The number of hydrogen-bond acceptors (Lipinski definition) is 4.